The van der Waals surface area contributed by atoms with Crippen LogP contribution >= 0.6 is 0 Å². The Kier molecular flexibility index (Phi) is 6.86. The third-order valence-electron chi connectivity index (χ3n) is 5.08. The van der Waals surface area contributed by atoms with Crippen molar-refractivity contribution in [1.29, 1.82) is 0 Å². The van der Waals surface area contributed by atoms with Gasteiger partial charge in [0.1, 0.15) is 0 Å². The minimum absolute atomic E-state index is 0.409. The second-order valence-electron chi connectivity index (χ2n) is 7.25. The van der Waals surface area contributed by atoms with Gasteiger partial charge in [0.25, 0.3) is 5.16 Å². The van der Waals surface area contributed by atoms with Crippen LogP contribution in [0.3, 0.4) is 0 Å². The van der Waals surface area contributed by atoms with Gasteiger partial charge >= 0.3 is 10.1 Å². The zero-order chi connectivity index (χ0) is 20.0. The van der Waals surface area contributed by atoms with Crippen molar-refractivity contribution in [2.75, 3.05) is 0 Å². The fraction of sp³-hybridized carbons (Fsp3) is 0.409. The number of imidazole rings is 1. The summed E-state index contributed by atoms with van der Waals surface area (Å²) in [5.41, 5.74) is 4.33. The number of hydrogen-bond donors (Lipinski definition) is 2. The molecule has 0 spiro atoms. The van der Waals surface area contributed by atoms with Crippen LogP contribution in [0.4, 0.5) is 0 Å². The van der Waals surface area contributed by atoms with Gasteiger partial charge < -0.3 is 4.98 Å². The second-order valence-corrected chi connectivity index (χ2v) is 8.59. The van der Waals surface area contributed by atoms with Crippen LogP contribution in [0.2, 0.25) is 0 Å². The highest BCUT2D eigenvalue weighted by atomic mass is 32.2. The minimum atomic E-state index is -4.38. The predicted octanol–water partition coefficient (Wildman–Crippen LogP) is 5.77. The van der Waals surface area contributed by atoms with Gasteiger partial charge in [-0.1, -0.05) is 81.8 Å². The predicted molar refractivity (Wildman–Crippen MR) is 113 cm³/mol. The van der Waals surface area contributed by atoms with Crippen molar-refractivity contribution in [2.24, 2.45) is 0 Å². The van der Waals surface area contributed by atoms with Crippen molar-refractivity contribution >= 4 is 21.2 Å². The van der Waals surface area contributed by atoms with Crippen molar-refractivity contribution in [3.63, 3.8) is 0 Å². The Balaban J connectivity index is 1.87. The molecule has 0 aliphatic carbocycles. The van der Waals surface area contributed by atoms with Gasteiger partial charge in [-0.25, -0.2) is 4.98 Å². The standard InChI is InChI=1S/C22H28N2O3S/c1-2-3-4-5-6-7-9-14-18-15-16-19-21(24-22(23-19)28(25,26)27)20(18)17-12-10-8-11-13-17/h8,10-13,15-16H,2-7,9,14H2,1H3,(H,23,24)(H,25,26,27). The second kappa shape index (κ2) is 9.34. The van der Waals surface area contributed by atoms with Gasteiger partial charge in [-0.3, -0.25) is 4.55 Å². The van der Waals surface area contributed by atoms with Crippen LogP contribution in [-0.4, -0.2) is 22.9 Å². The van der Waals surface area contributed by atoms with E-state index < -0.39 is 15.3 Å². The minimum Gasteiger partial charge on any atom is -0.326 e. The number of aromatic nitrogens is 2. The van der Waals surface area contributed by atoms with E-state index in [9.17, 15) is 13.0 Å². The van der Waals surface area contributed by atoms with E-state index in [1.165, 1.54) is 38.5 Å². The molecule has 0 fully saturated rings. The molecule has 0 atom stereocenters. The van der Waals surface area contributed by atoms with Crippen LogP contribution < -0.4 is 0 Å². The lowest BCUT2D eigenvalue weighted by molar-refractivity contribution is 0.476. The molecule has 0 saturated carbocycles. The fourth-order valence-corrected chi connectivity index (χ4v) is 4.08. The van der Waals surface area contributed by atoms with Crippen LogP contribution in [0.5, 0.6) is 0 Å². The topological polar surface area (TPSA) is 83.1 Å². The number of nitrogens with one attached hydrogen (secondary N) is 1. The number of hydrogen-bond acceptors (Lipinski definition) is 3. The summed E-state index contributed by atoms with van der Waals surface area (Å²) < 4.78 is 32.4. The lowest BCUT2D eigenvalue weighted by Gasteiger charge is -2.11. The van der Waals surface area contributed by atoms with E-state index in [0.717, 1.165) is 29.5 Å². The van der Waals surface area contributed by atoms with Crippen molar-refractivity contribution in [3.8, 4) is 11.1 Å². The molecular formula is C22H28N2O3S. The summed E-state index contributed by atoms with van der Waals surface area (Å²) in [6.07, 6.45) is 9.63. The average molecular weight is 401 g/mol. The number of H-pyrrole nitrogens is 1. The lowest BCUT2D eigenvalue weighted by Crippen LogP contribution is -1.99. The van der Waals surface area contributed by atoms with Gasteiger partial charge in [0.15, 0.2) is 0 Å². The van der Waals surface area contributed by atoms with Crippen LogP contribution in [0.25, 0.3) is 22.2 Å². The van der Waals surface area contributed by atoms with E-state index in [2.05, 4.69) is 16.9 Å². The summed E-state index contributed by atoms with van der Waals surface area (Å²) in [6.45, 7) is 2.23. The number of aromatic amines is 1. The SMILES string of the molecule is CCCCCCCCCc1ccc2nc(S(=O)(=O)O)[nH]c2c1-c1ccccc1. The van der Waals surface area contributed by atoms with Gasteiger partial charge in [-0.15, -0.1) is 0 Å². The van der Waals surface area contributed by atoms with Gasteiger partial charge in [0.05, 0.1) is 11.0 Å². The maximum atomic E-state index is 11.5. The maximum Gasteiger partial charge on any atom is 0.328 e. The highest BCUT2D eigenvalue weighted by molar-refractivity contribution is 7.85. The van der Waals surface area contributed by atoms with Crippen LogP contribution in [-0.2, 0) is 16.5 Å². The molecule has 1 heterocycles. The van der Waals surface area contributed by atoms with Gasteiger partial charge in [-0.2, -0.15) is 8.42 Å². The van der Waals surface area contributed by atoms with Crippen molar-refractivity contribution in [3.05, 3.63) is 48.0 Å². The maximum absolute atomic E-state index is 11.5. The molecule has 0 radical (unpaired) electrons. The van der Waals surface area contributed by atoms with Crippen molar-refractivity contribution in [2.45, 2.75) is 63.4 Å². The van der Waals surface area contributed by atoms with E-state index in [0.29, 0.717) is 11.0 Å². The van der Waals surface area contributed by atoms with Gasteiger partial charge in [-0.05, 0) is 30.0 Å². The summed E-state index contributed by atoms with van der Waals surface area (Å²) in [5, 5.41) is -0.409. The van der Waals surface area contributed by atoms with E-state index in [1.807, 2.05) is 42.5 Å². The first-order valence-electron chi connectivity index (χ1n) is 10.0. The molecule has 0 unspecified atom stereocenters. The molecule has 1 aromatic heterocycles. The Hall–Kier alpha value is -2.18. The van der Waals surface area contributed by atoms with Crippen molar-refractivity contribution < 1.29 is 13.0 Å². The smallest absolute Gasteiger partial charge is 0.326 e. The number of nitrogens with zero attached hydrogens (tertiary/aromatic N) is 1. The largest absolute Gasteiger partial charge is 0.328 e. The molecular weight excluding hydrogens is 372 g/mol. The lowest BCUT2D eigenvalue weighted by atomic mass is 9.94. The summed E-state index contributed by atoms with van der Waals surface area (Å²) in [5.74, 6) is 0. The highest BCUT2D eigenvalue weighted by Crippen LogP contribution is 2.32. The number of aryl methyl sites for hydroxylation is 1. The highest BCUT2D eigenvalue weighted by Gasteiger charge is 2.19. The molecule has 2 N–H and O–H groups in total. The van der Waals surface area contributed by atoms with Crippen LogP contribution in [0.1, 0.15) is 57.4 Å². The molecule has 6 heteroatoms. The Bertz CT molecular complexity index is 1010. The Morgan fingerprint density at radius 1 is 0.929 bits per heavy atom. The van der Waals surface area contributed by atoms with E-state index in [-0.39, 0.29) is 0 Å². The Morgan fingerprint density at radius 3 is 2.29 bits per heavy atom. The normalized spacial score (nSPS) is 11.9. The fourth-order valence-electron chi connectivity index (χ4n) is 3.64. The Morgan fingerprint density at radius 2 is 1.61 bits per heavy atom. The first-order chi connectivity index (χ1) is 13.5. The van der Waals surface area contributed by atoms with E-state index in [4.69, 9.17) is 0 Å². The molecule has 3 rings (SSSR count). The summed E-state index contributed by atoms with van der Waals surface area (Å²) in [4.78, 5) is 6.87. The molecule has 28 heavy (non-hydrogen) atoms. The third kappa shape index (κ3) is 5.00. The van der Waals surface area contributed by atoms with Crippen molar-refractivity contribution in [1.82, 2.24) is 9.97 Å². The van der Waals surface area contributed by atoms with E-state index >= 15 is 0 Å². The number of fused-ring (bicyclic) bond motifs is 1. The monoisotopic (exact) mass is 400 g/mol. The summed E-state index contributed by atoms with van der Waals surface area (Å²) >= 11 is 0. The zero-order valence-electron chi connectivity index (χ0n) is 16.3. The number of benzene rings is 2. The van der Waals surface area contributed by atoms with Crippen LogP contribution in [0.15, 0.2) is 47.6 Å². The molecule has 0 bridgehead atoms. The molecule has 0 amide bonds. The first-order valence-corrected chi connectivity index (χ1v) is 11.5. The van der Waals surface area contributed by atoms with Gasteiger partial charge in [0, 0.05) is 5.56 Å². The quantitative estimate of drug-likeness (QED) is 0.334. The van der Waals surface area contributed by atoms with Gasteiger partial charge in [0.2, 0.25) is 0 Å². The molecule has 150 valence electrons. The molecule has 0 aliphatic rings. The number of unbranched alkanes of at least 4 members (excludes halogenated alkanes) is 6. The average Bonchev–Trinajstić information content (AvgIpc) is 3.12. The zero-order valence-corrected chi connectivity index (χ0v) is 17.1. The molecule has 0 aliphatic heterocycles. The summed E-state index contributed by atoms with van der Waals surface area (Å²) in [6, 6.07) is 13.8. The summed E-state index contributed by atoms with van der Waals surface area (Å²) in [7, 11) is -4.38. The van der Waals surface area contributed by atoms with E-state index in [1.54, 1.807) is 0 Å². The van der Waals surface area contributed by atoms with Crippen LogP contribution in [0, 0.1) is 0 Å². The molecule has 5 nitrogen and oxygen atoms in total. The Labute approximate surface area is 167 Å². The molecule has 0 saturated heterocycles. The molecule has 2 aromatic carbocycles. The third-order valence-corrected chi connectivity index (χ3v) is 5.76. The first kappa shape index (κ1) is 20.6. The molecule has 3 aromatic rings. The number of rotatable bonds is 10.